The lowest BCUT2D eigenvalue weighted by molar-refractivity contribution is 0.171. The van der Waals surface area contributed by atoms with Crippen molar-refractivity contribution in [1.82, 2.24) is 9.97 Å². The van der Waals surface area contributed by atoms with Gasteiger partial charge in [-0.3, -0.25) is 0 Å². The topological polar surface area (TPSA) is 63.8 Å². The van der Waals surface area contributed by atoms with Crippen LogP contribution in [0.2, 0.25) is 0 Å². The quantitative estimate of drug-likeness (QED) is 0.856. The predicted molar refractivity (Wildman–Crippen MR) is 78.8 cm³/mol. The molecule has 1 aliphatic rings. The maximum Gasteiger partial charge on any atom is 0.144 e. The molecule has 1 aromatic rings. The van der Waals surface area contributed by atoms with Gasteiger partial charge in [0.2, 0.25) is 0 Å². The fourth-order valence-corrected chi connectivity index (χ4v) is 2.94. The fraction of sp³-hybridized carbons (Fsp3) is 0.733. The molecule has 0 saturated heterocycles. The molecular weight excluding hydrogens is 236 g/mol. The Balaban J connectivity index is 1.92. The summed E-state index contributed by atoms with van der Waals surface area (Å²) in [5.41, 5.74) is 5.88. The van der Waals surface area contributed by atoms with Crippen LogP contribution in [0.1, 0.15) is 51.8 Å². The van der Waals surface area contributed by atoms with E-state index in [0.29, 0.717) is 17.8 Å². The van der Waals surface area contributed by atoms with Gasteiger partial charge in [0.15, 0.2) is 0 Å². The van der Waals surface area contributed by atoms with Crippen LogP contribution in [0.15, 0.2) is 12.3 Å². The first-order valence-corrected chi connectivity index (χ1v) is 7.38. The molecule has 0 unspecified atom stereocenters. The monoisotopic (exact) mass is 262 g/mol. The minimum absolute atomic E-state index is 0.314. The minimum atomic E-state index is 0.314. The van der Waals surface area contributed by atoms with E-state index >= 15 is 0 Å². The lowest BCUT2D eigenvalue weighted by atomic mass is 9.71. The number of aromatic nitrogens is 2. The molecule has 1 fully saturated rings. The van der Waals surface area contributed by atoms with Crippen LogP contribution >= 0.6 is 0 Å². The molecule has 1 aromatic heterocycles. The number of hydrogen-bond acceptors (Lipinski definition) is 4. The van der Waals surface area contributed by atoms with Crippen molar-refractivity contribution < 1.29 is 0 Å². The summed E-state index contributed by atoms with van der Waals surface area (Å²) in [7, 11) is 0. The van der Waals surface area contributed by atoms with Gasteiger partial charge in [-0.2, -0.15) is 0 Å². The van der Waals surface area contributed by atoms with Gasteiger partial charge in [-0.25, -0.2) is 9.97 Å². The lowest BCUT2D eigenvalue weighted by Crippen LogP contribution is -2.33. The van der Waals surface area contributed by atoms with E-state index in [-0.39, 0.29) is 0 Å². The van der Waals surface area contributed by atoms with Crippen molar-refractivity contribution in [1.29, 1.82) is 0 Å². The van der Waals surface area contributed by atoms with Crippen molar-refractivity contribution in [2.45, 2.75) is 52.5 Å². The first kappa shape index (κ1) is 14.3. The van der Waals surface area contributed by atoms with Gasteiger partial charge in [0.25, 0.3) is 0 Å². The highest BCUT2D eigenvalue weighted by atomic mass is 15.0. The number of anilines is 1. The summed E-state index contributed by atoms with van der Waals surface area (Å²) in [6.45, 7) is 6.07. The Morgan fingerprint density at radius 3 is 2.74 bits per heavy atom. The number of rotatable bonds is 5. The van der Waals surface area contributed by atoms with Gasteiger partial charge in [-0.1, -0.05) is 33.1 Å². The Morgan fingerprint density at radius 2 is 2.05 bits per heavy atom. The van der Waals surface area contributed by atoms with Crippen molar-refractivity contribution in [3.05, 3.63) is 18.1 Å². The van der Waals surface area contributed by atoms with Gasteiger partial charge in [0, 0.05) is 12.7 Å². The average molecular weight is 262 g/mol. The molecule has 106 valence electrons. The summed E-state index contributed by atoms with van der Waals surface area (Å²) < 4.78 is 0. The van der Waals surface area contributed by atoms with Gasteiger partial charge in [0.05, 0.1) is 6.54 Å². The zero-order valence-corrected chi connectivity index (χ0v) is 12.2. The normalized spacial score (nSPS) is 17.4. The van der Waals surface area contributed by atoms with Crippen molar-refractivity contribution in [3.63, 3.8) is 0 Å². The number of nitrogens with zero attached hydrogens (tertiary/aromatic N) is 2. The third-order valence-electron chi connectivity index (χ3n) is 4.32. The van der Waals surface area contributed by atoms with Crippen LogP contribution < -0.4 is 11.1 Å². The second-order valence-corrected chi connectivity index (χ2v) is 6.24. The van der Waals surface area contributed by atoms with Gasteiger partial charge in [0.1, 0.15) is 11.6 Å². The maximum absolute atomic E-state index is 5.56. The largest absolute Gasteiger partial charge is 0.369 e. The Kier molecular flexibility index (Phi) is 4.75. The minimum Gasteiger partial charge on any atom is -0.369 e. The number of hydrogen-bond donors (Lipinski definition) is 2. The molecule has 0 amide bonds. The van der Waals surface area contributed by atoms with Gasteiger partial charge in [-0.15, -0.1) is 0 Å². The van der Waals surface area contributed by atoms with E-state index in [1.165, 1.54) is 32.1 Å². The molecule has 4 heteroatoms. The first-order valence-electron chi connectivity index (χ1n) is 7.38. The Morgan fingerprint density at radius 1 is 1.32 bits per heavy atom. The van der Waals surface area contributed by atoms with Crippen LogP contribution in [0.25, 0.3) is 0 Å². The predicted octanol–water partition coefficient (Wildman–Crippen LogP) is 2.95. The molecule has 3 N–H and O–H groups in total. The zero-order valence-electron chi connectivity index (χ0n) is 12.2. The number of nitrogens with one attached hydrogen (secondary N) is 1. The van der Waals surface area contributed by atoms with Crippen LogP contribution in [0.3, 0.4) is 0 Å². The summed E-state index contributed by atoms with van der Waals surface area (Å²) in [5.74, 6) is 2.41. The standard InChI is InChI=1S/C15H26N4/c1-15(2,12-6-4-3-5-7-12)11-18-13-8-9-17-14(10-16)19-13/h8-9,12H,3-7,10-11,16H2,1-2H3,(H,17,18,19). The van der Waals surface area contributed by atoms with Crippen LogP contribution in [0.4, 0.5) is 5.82 Å². The fourth-order valence-electron chi connectivity index (χ4n) is 2.94. The van der Waals surface area contributed by atoms with Gasteiger partial charge >= 0.3 is 0 Å². The van der Waals surface area contributed by atoms with Gasteiger partial charge < -0.3 is 11.1 Å². The summed E-state index contributed by atoms with van der Waals surface area (Å²) in [6, 6.07) is 1.91. The third kappa shape index (κ3) is 3.90. The SMILES string of the molecule is CC(C)(CNc1ccnc(CN)n1)C1CCCCC1. The van der Waals surface area contributed by atoms with Gasteiger partial charge in [-0.05, 0) is 30.2 Å². The Bertz CT molecular complexity index is 397. The molecule has 0 atom stereocenters. The molecule has 0 spiro atoms. The molecular formula is C15H26N4. The molecule has 1 saturated carbocycles. The van der Waals surface area contributed by atoms with Crippen molar-refractivity contribution in [2.75, 3.05) is 11.9 Å². The van der Waals surface area contributed by atoms with Crippen LogP contribution in [-0.4, -0.2) is 16.5 Å². The van der Waals surface area contributed by atoms with E-state index in [0.717, 1.165) is 18.3 Å². The Labute approximate surface area is 116 Å². The smallest absolute Gasteiger partial charge is 0.144 e. The summed E-state index contributed by atoms with van der Waals surface area (Å²) in [6.07, 6.45) is 8.69. The zero-order chi connectivity index (χ0) is 13.7. The molecule has 0 bridgehead atoms. The van der Waals surface area contributed by atoms with E-state index in [2.05, 4.69) is 29.1 Å². The average Bonchev–Trinajstić information content (AvgIpc) is 2.46. The molecule has 0 aliphatic heterocycles. The second kappa shape index (κ2) is 6.33. The Hall–Kier alpha value is -1.16. The maximum atomic E-state index is 5.56. The molecule has 1 heterocycles. The second-order valence-electron chi connectivity index (χ2n) is 6.24. The number of nitrogens with two attached hydrogens (primary N) is 1. The van der Waals surface area contributed by atoms with Crippen LogP contribution in [0.5, 0.6) is 0 Å². The highest BCUT2D eigenvalue weighted by molar-refractivity contribution is 5.33. The van der Waals surface area contributed by atoms with E-state index in [4.69, 9.17) is 5.73 Å². The van der Waals surface area contributed by atoms with Crippen molar-refractivity contribution in [3.8, 4) is 0 Å². The molecule has 0 aromatic carbocycles. The van der Waals surface area contributed by atoms with E-state index in [1.54, 1.807) is 6.20 Å². The molecule has 4 nitrogen and oxygen atoms in total. The van der Waals surface area contributed by atoms with Crippen LogP contribution in [-0.2, 0) is 6.54 Å². The molecule has 0 radical (unpaired) electrons. The first-order chi connectivity index (χ1) is 9.12. The van der Waals surface area contributed by atoms with Crippen molar-refractivity contribution in [2.24, 2.45) is 17.1 Å². The summed E-state index contributed by atoms with van der Waals surface area (Å²) in [5, 5.41) is 3.45. The van der Waals surface area contributed by atoms with E-state index in [9.17, 15) is 0 Å². The van der Waals surface area contributed by atoms with Crippen LogP contribution in [0, 0.1) is 11.3 Å². The van der Waals surface area contributed by atoms with E-state index in [1.807, 2.05) is 6.07 Å². The van der Waals surface area contributed by atoms with E-state index < -0.39 is 0 Å². The highest BCUT2D eigenvalue weighted by Crippen LogP contribution is 2.38. The summed E-state index contributed by atoms with van der Waals surface area (Å²) >= 11 is 0. The third-order valence-corrected chi connectivity index (χ3v) is 4.32. The molecule has 1 aliphatic carbocycles. The molecule has 2 rings (SSSR count). The lowest BCUT2D eigenvalue weighted by Gasteiger charge is -2.37. The highest BCUT2D eigenvalue weighted by Gasteiger charge is 2.30. The van der Waals surface area contributed by atoms with Crippen molar-refractivity contribution >= 4 is 5.82 Å². The molecule has 19 heavy (non-hydrogen) atoms. The summed E-state index contributed by atoms with van der Waals surface area (Å²) in [4.78, 5) is 8.51.